The molecule has 0 saturated carbocycles. The lowest BCUT2D eigenvalue weighted by atomic mass is 9.95. The fourth-order valence-electron chi connectivity index (χ4n) is 3.66. The lowest BCUT2D eigenvalue weighted by molar-refractivity contribution is 0.258. The number of hydrogen-bond acceptors (Lipinski definition) is 7. The van der Waals surface area contributed by atoms with Crippen molar-refractivity contribution in [3.05, 3.63) is 23.4 Å². The first-order valence-corrected chi connectivity index (χ1v) is 12.6. The third-order valence-electron chi connectivity index (χ3n) is 5.70. The minimum absolute atomic E-state index is 0. The van der Waals surface area contributed by atoms with Gasteiger partial charge in [-0.3, -0.25) is 9.11 Å². The minimum atomic E-state index is -1.10. The molecule has 1 fully saturated rings. The standard InChI is InChI=1S/C22H37N7OS.ClH/c1-7-9-18-16-19(24-20(23-18)22(3,4)5)29-13-11-28(12-14-29)10-8-15-31(30)21-26-25-17(2)27(21)6;/h16H,7-15H2,1-6H3;1H. The summed E-state index contributed by atoms with van der Waals surface area (Å²) in [6.45, 7) is 15.4. The molecule has 0 aromatic carbocycles. The Labute approximate surface area is 201 Å². The predicted molar refractivity (Wildman–Crippen MR) is 132 cm³/mol. The van der Waals surface area contributed by atoms with Gasteiger partial charge in [0.25, 0.3) is 0 Å². The first-order chi connectivity index (χ1) is 14.7. The summed E-state index contributed by atoms with van der Waals surface area (Å²) in [5, 5.41) is 8.63. The highest BCUT2D eigenvalue weighted by atomic mass is 35.5. The zero-order chi connectivity index (χ0) is 22.6. The Hall–Kier alpha value is -1.58. The van der Waals surface area contributed by atoms with Crippen LogP contribution in [0.1, 0.15) is 57.9 Å². The zero-order valence-electron chi connectivity index (χ0n) is 20.3. The largest absolute Gasteiger partial charge is 0.354 e. The molecular formula is C22H38ClN7OS. The Balaban J connectivity index is 0.00000363. The monoisotopic (exact) mass is 483 g/mol. The van der Waals surface area contributed by atoms with Gasteiger partial charge in [0.1, 0.15) is 17.5 Å². The van der Waals surface area contributed by atoms with E-state index in [9.17, 15) is 4.21 Å². The summed E-state index contributed by atoms with van der Waals surface area (Å²) in [5.41, 5.74) is 1.08. The van der Waals surface area contributed by atoms with Crippen LogP contribution in [-0.4, -0.2) is 72.3 Å². The Morgan fingerprint density at radius 2 is 1.78 bits per heavy atom. The van der Waals surface area contributed by atoms with Crippen molar-refractivity contribution < 1.29 is 4.21 Å². The Bertz CT molecular complexity index is 904. The van der Waals surface area contributed by atoms with Gasteiger partial charge in [0.15, 0.2) is 0 Å². The quantitative estimate of drug-likeness (QED) is 0.571. The van der Waals surface area contributed by atoms with Crippen LogP contribution in [0.4, 0.5) is 5.82 Å². The van der Waals surface area contributed by atoms with Gasteiger partial charge < -0.3 is 9.47 Å². The molecule has 0 aliphatic carbocycles. The molecule has 2 aromatic heterocycles. The van der Waals surface area contributed by atoms with Crippen molar-refractivity contribution in [3.8, 4) is 0 Å². The molecule has 32 heavy (non-hydrogen) atoms. The lowest BCUT2D eigenvalue weighted by Gasteiger charge is -2.36. The Kier molecular flexibility index (Phi) is 9.60. The summed E-state index contributed by atoms with van der Waals surface area (Å²) >= 11 is 0. The first kappa shape index (κ1) is 26.7. The van der Waals surface area contributed by atoms with E-state index in [1.54, 1.807) is 0 Å². The van der Waals surface area contributed by atoms with Crippen LogP contribution in [0.15, 0.2) is 11.2 Å². The number of aryl methyl sites for hydroxylation is 2. The van der Waals surface area contributed by atoms with Crippen LogP contribution < -0.4 is 4.90 Å². The maximum atomic E-state index is 12.5. The van der Waals surface area contributed by atoms with Gasteiger partial charge >= 0.3 is 0 Å². The number of piperazine rings is 1. The zero-order valence-corrected chi connectivity index (χ0v) is 21.9. The van der Waals surface area contributed by atoms with Crippen molar-refractivity contribution in [3.63, 3.8) is 0 Å². The molecule has 0 amide bonds. The van der Waals surface area contributed by atoms with Crippen molar-refractivity contribution in [2.24, 2.45) is 7.05 Å². The summed E-state index contributed by atoms with van der Waals surface area (Å²) in [4.78, 5) is 14.5. The van der Waals surface area contributed by atoms with Gasteiger partial charge in [-0.2, -0.15) is 0 Å². The molecule has 2 aromatic rings. The molecule has 1 unspecified atom stereocenters. The average molecular weight is 484 g/mol. The van der Waals surface area contributed by atoms with Gasteiger partial charge in [0.05, 0.1) is 10.8 Å². The highest BCUT2D eigenvalue weighted by Gasteiger charge is 2.23. The van der Waals surface area contributed by atoms with Crippen molar-refractivity contribution >= 4 is 29.0 Å². The molecule has 10 heteroatoms. The highest BCUT2D eigenvalue weighted by Crippen LogP contribution is 2.23. The van der Waals surface area contributed by atoms with Crippen LogP contribution in [0.2, 0.25) is 0 Å². The molecule has 0 bridgehead atoms. The topological polar surface area (TPSA) is 80.0 Å². The summed E-state index contributed by atoms with van der Waals surface area (Å²) in [7, 11) is 0.771. The normalized spacial score (nSPS) is 16.1. The molecule has 1 atom stereocenters. The maximum absolute atomic E-state index is 12.5. The van der Waals surface area contributed by atoms with E-state index in [0.29, 0.717) is 10.9 Å². The number of halogens is 1. The van der Waals surface area contributed by atoms with Gasteiger partial charge in [-0.1, -0.05) is 34.1 Å². The number of anilines is 1. The van der Waals surface area contributed by atoms with E-state index in [1.165, 1.54) is 0 Å². The molecule has 180 valence electrons. The van der Waals surface area contributed by atoms with Gasteiger partial charge in [0.2, 0.25) is 5.16 Å². The van der Waals surface area contributed by atoms with E-state index in [-0.39, 0.29) is 17.8 Å². The van der Waals surface area contributed by atoms with Crippen LogP contribution in [0.3, 0.4) is 0 Å². The molecule has 3 rings (SSSR count). The molecule has 1 aliphatic heterocycles. The minimum Gasteiger partial charge on any atom is -0.354 e. The van der Waals surface area contributed by atoms with E-state index < -0.39 is 10.8 Å². The molecule has 1 aliphatic rings. The summed E-state index contributed by atoms with van der Waals surface area (Å²) in [6, 6.07) is 2.17. The van der Waals surface area contributed by atoms with Crippen LogP contribution >= 0.6 is 12.4 Å². The highest BCUT2D eigenvalue weighted by molar-refractivity contribution is 7.84. The second-order valence-corrected chi connectivity index (χ2v) is 10.8. The Morgan fingerprint density at radius 3 is 2.34 bits per heavy atom. The van der Waals surface area contributed by atoms with Crippen molar-refractivity contribution in [1.82, 2.24) is 29.6 Å². The van der Waals surface area contributed by atoms with Gasteiger partial charge in [-0.15, -0.1) is 22.6 Å². The third kappa shape index (κ3) is 6.71. The second-order valence-electron chi connectivity index (χ2n) is 9.36. The number of nitrogens with zero attached hydrogens (tertiary/aromatic N) is 7. The van der Waals surface area contributed by atoms with Crippen molar-refractivity contribution in [1.29, 1.82) is 0 Å². The van der Waals surface area contributed by atoms with E-state index in [4.69, 9.17) is 9.97 Å². The van der Waals surface area contributed by atoms with Crippen molar-refractivity contribution in [2.45, 2.75) is 64.5 Å². The summed E-state index contributed by atoms with van der Waals surface area (Å²) in [5.74, 6) is 3.40. The van der Waals surface area contributed by atoms with Gasteiger partial charge in [-0.05, 0) is 26.3 Å². The SMILES string of the molecule is CCCc1cc(N2CCN(CCCS(=O)c3nnc(C)n3C)CC2)nc(C(C)(C)C)n1.Cl. The first-order valence-electron chi connectivity index (χ1n) is 11.3. The smallest absolute Gasteiger partial charge is 0.221 e. The summed E-state index contributed by atoms with van der Waals surface area (Å²) in [6.07, 6.45) is 2.96. The molecule has 8 nitrogen and oxygen atoms in total. The average Bonchev–Trinajstić information content (AvgIpc) is 3.06. The molecule has 0 radical (unpaired) electrons. The number of hydrogen-bond donors (Lipinski definition) is 0. The Morgan fingerprint density at radius 1 is 1.09 bits per heavy atom. The summed E-state index contributed by atoms with van der Waals surface area (Å²) < 4.78 is 14.3. The van der Waals surface area contributed by atoms with Crippen LogP contribution in [0, 0.1) is 6.92 Å². The number of rotatable bonds is 8. The maximum Gasteiger partial charge on any atom is 0.221 e. The molecule has 3 heterocycles. The predicted octanol–water partition coefficient (Wildman–Crippen LogP) is 2.91. The third-order valence-corrected chi connectivity index (χ3v) is 7.12. The fraction of sp³-hybridized carbons (Fsp3) is 0.727. The van der Waals surface area contributed by atoms with Gasteiger partial charge in [0, 0.05) is 56.2 Å². The van der Waals surface area contributed by atoms with Gasteiger partial charge in [-0.25, -0.2) is 9.97 Å². The fourth-order valence-corrected chi connectivity index (χ4v) is 4.81. The van der Waals surface area contributed by atoms with Crippen molar-refractivity contribution in [2.75, 3.05) is 43.4 Å². The van der Waals surface area contributed by atoms with E-state index in [0.717, 1.165) is 75.1 Å². The molecule has 1 saturated heterocycles. The van der Waals surface area contributed by atoms with E-state index >= 15 is 0 Å². The van der Waals surface area contributed by atoms with Crippen LogP contribution in [0.5, 0.6) is 0 Å². The van der Waals surface area contributed by atoms with E-state index in [1.807, 2.05) is 18.5 Å². The molecule has 0 spiro atoms. The molecular weight excluding hydrogens is 446 g/mol. The molecule has 0 N–H and O–H groups in total. The lowest BCUT2D eigenvalue weighted by Crippen LogP contribution is -2.47. The van der Waals surface area contributed by atoms with Crippen LogP contribution in [0.25, 0.3) is 0 Å². The second kappa shape index (κ2) is 11.5. The van der Waals surface area contributed by atoms with E-state index in [2.05, 4.69) is 53.8 Å². The number of aromatic nitrogens is 5. The van der Waals surface area contributed by atoms with Crippen LogP contribution in [-0.2, 0) is 29.7 Å².